The first kappa shape index (κ1) is 15.3. The van der Waals surface area contributed by atoms with Crippen LogP contribution in [0.25, 0.3) is 0 Å². The van der Waals surface area contributed by atoms with Crippen LogP contribution in [0.15, 0.2) is 12.3 Å². The van der Waals surface area contributed by atoms with Crippen molar-refractivity contribution < 1.29 is 4.79 Å². The second-order valence-electron chi connectivity index (χ2n) is 5.24. The van der Waals surface area contributed by atoms with Crippen molar-refractivity contribution in [3.63, 3.8) is 0 Å². The van der Waals surface area contributed by atoms with Gasteiger partial charge in [0.2, 0.25) is 5.91 Å². The summed E-state index contributed by atoms with van der Waals surface area (Å²) in [5.74, 6) is 0.171. The second-order valence-corrected chi connectivity index (χ2v) is 5.62. The van der Waals surface area contributed by atoms with Crippen LogP contribution in [0.5, 0.6) is 0 Å². The molecule has 0 spiro atoms. The van der Waals surface area contributed by atoms with Gasteiger partial charge >= 0.3 is 0 Å². The molecule has 1 rings (SSSR count). The summed E-state index contributed by atoms with van der Waals surface area (Å²) in [5, 5.41) is 14.8. The zero-order valence-electron chi connectivity index (χ0n) is 11.4. The normalized spacial score (nSPS) is 12.4. The molecule has 1 aromatic rings. The molecule has 1 amide bonds. The lowest BCUT2D eigenvalue weighted by Crippen LogP contribution is -2.47. The van der Waals surface area contributed by atoms with Crippen LogP contribution in [-0.2, 0) is 4.79 Å². The maximum absolute atomic E-state index is 11.9. The molecule has 5 nitrogen and oxygen atoms in total. The Kier molecular flexibility index (Phi) is 4.73. The summed E-state index contributed by atoms with van der Waals surface area (Å²) in [6.45, 7) is 7.41. The van der Waals surface area contributed by atoms with E-state index in [-0.39, 0.29) is 16.5 Å². The number of halogens is 1. The third kappa shape index (κ3) is 4.42. The summed E-state index contributed by atoms with van der Waals surface area (Å²) in [7, 11) is 0. The van der Waals surface area contributed by atoms with E-state index in [0.29, 0.717) is 11.4 Å². The molecular formula is C13H17ClN4O. The van der Waals surface area contributed by atoms with Crippen LogP contribution >= 0.6 is 11.6 Å². The summed E-state index contributed by atoms with van der Waals surface area (Å²) >= 11 is 6.01. The molecule has 0 aromatic carbocycles. The number of amides is 1. The number of nitrogens with one attached hydrogen (secondary N) is 2. The Morgan fingerprint density at radius 1 is 1.53 bits per heavy atom. The van der Waals surface area contributed by atoms with E-state index in [9.17, 15) is 4.79 Å². The van der Waals surface area contributed by atoms with Crippen LogP contribution in [0.4, 0.5) is 5.82 Å². The predicted molar refractivity (Wildman–Crippen MR) is 74.9 cm³/mol. The Hall–Kier alpha value is -1.80. The van der Waals surface area contributed by atoms with Gasteiger partial charge in [-0.05, 0) is 33.8 Å². The molecule has 1 atom stereocenters. The van der Waals surface area contributed by atoms with Gasteiger partial charge in [-0.1, -0.05) is 11.6 Å². The largest absolute Gasteiger partial charge is 0.357 e. The van der Waals surface area contributed by atoms with E-state index in [2.05, 4.69) is 15.6 Å². The van der Waals surface area contributed by atoms with Gasteiger partial charge in [-0.15, -0.1) is 0 Å². The number of hydrogen-bond donors (Lipinski definition) is 2. The zero-order chi connectivity index (χ0) is 14.6. The number of carbonyl (C=O) groups excluding carboxylic acids is 1. The molecule has 0 saturated carbocycles. The lowest BCUT2D eigenvalue weighted by molar-refractivity contribution is -0.122. The van der Waals surface area contributed by atoms with Crippen molar-refractivity contribution in [2.24, 2.45) is 0 Å². The van der Waals surface area contributed by atoms with E-state index in [4.69, 9.17) is 16.9 Å². The number of rotatable bonds is 3. The van der Waals surface area contributed by atoms with Crippen molar-refractivity contribution in [2.75, 3.05) is 5.32 Å². The monoisotopic (exact) mass is 280 g/mol. The lowest BCUT2D eigenvalue weighted by Gasteiger charge is -2.24. The standard InChI is InChI=1S/C13H17ClN4O/c1-8(12(19)18-13(2,3)4)17-11-10(14)9(7-15)5-6-16-11/h5-6,8H,1-4H3,(H,16,17)(H,18,19). The first-order valence-electron chi connectivity index (χ1n) is 5.88. The summed E-state index contributed by atoms with van der Waals surface area (Å²) in [5.41, 5.74) is 0.0151. The summed E-state index contributed by atoms with van der Waals surface area (Å²) < 4.78 is 0. The molecule has 0 saturated heterocycles. The fourth-order valence-corrected chi connectivity index (χ4v) is 1.59. The van der Waals surface area contributed by atoms with Crippen molar-refractivity contribution in [3.05, 3.63) is 22.8 Å². The van der Waals surface area contributed by atoms with Crippen molar-refractivity contribution in [1.82, 2.24) is 10.3 Å². The van der Waals surface area contributed by atoms with Gasteiger partial charge in [0.15, 0.2) is 0 Å². The highest BCUT2D eigenvalue weighted by atomic mass is 35.5. The van der Waals surface area contributed by atoms with E-state index >= 15 is 0 Å². The minimum atomic E-state index is -0.502. The van der Waals surface area contributed by atoms with E-state index in [1.165, 1.54) is 12.3 Å². The molecule has 19 heavy (non-hydrogen) atoms. The quantitative estimate of drug-likeness (QED) is 0.891. The molecule has 1 heterocycles. The van der Waals surface area contributed by atoms with E-state index in [0.717, 1.165) is 0 Å². The van der Waals surface area contributed by atoms with E-state index in [1.54, 1.807) is 6.92 Å². The van der Waals surface area contributed by atoms with Crippen LogP contribution in [-0.4, -0.2) is 22.5 Å². The average molecular weight is 281 g/mol. The van der Waals surface area contributed by atoms with Crippen LogP contribution in [0, 0.1) is 11.3 Å². The number of nitrogens with zero attached hydrogens (tertiary/aromatic N) is 2. The maximum atomic E-state index is 11.9. The maximum Gasteiger partial charge on any atom is 0.242 e. The van der Waals surface area contributed by atoms with Gasteiger partial charge in [0.05, 0.1) is 5.56 Å². The van der Waals surface area contributed by atoms with Crippen molar-refractivity contribution in [2.45, 2.75) is 39.3 Å². The summed E-state index contributed by atoms with van der Waals surface area (Å²) in [6.07, 6.45) is 1.47. The van der Waals surface area contributed by atoms with Gasteiger partial charge in [0, 0.05) is 11.7 Å². The Morgan fingerprint density at radius 3 is 2.68 bits per heavy atom. The molecule has 0 aliphatic heterocycles. The highest BCUT2D eigenvalue weighted by Crippen LogP contribution is 2.23. The molecular weight excluding hydrogens is 264 g/mol. The van der Waals surface area contributed by atoms with Crippen molar-refractivity contribution in [3.8, 4) is 6.07 Å². The molecule has 0 fully saturated rings. The highest BCUT2D eigenvalue weighted by Gasteiger charge is 2.20. The minimum absolute atomic E-state index is 0.160. The number of pyridine rings is 1. The Morgan fingerprint density at radius 2 is 2.16 bits per heavy atom. The van der Waals surface area contributed by atoms with Crippen LogP contribution in [0.3, 0.4) is 0 Å². The smallest absolute Gasteiger partial charge is 0.242 e. The van der Waals surface area contributed by atoms with Crippen LogP contribution < -0.4 is 10.6 Å². The van der Waals surface area contributed by atoms with Crippen LogP contribution in [0.2, 0.25) is 5.02 Å². The van der Waals surface area contributed by atoms with E-state index in [1.807, 2.05) is 26.8 Å². The molecule has 2 N–H and O–H groups in total. The molecule has 0 bridgehead atoms. The third-order valence-corrected chi connectivity index (χ3v) is 2.64. The van der Waals surface area contributed by atoms with Crippen molar-refractivity contribution in [1.29, 1.82) is 5.26 Å². The molecule has 0 radical (unpaired) electrons. The average Bonchev–Trinajstić information content (AvgIpc) is 2.29. The summed E-state index contributed by atoms with van der Waals surface area (Å²) in [4.78, 5) is 16.0. The number of carbonyl (C=O) groups is 1. The molecule has 102 valence electrons. The van der Waals surface area contributed by atoms with Crippen LogP contribution in [0.1, 0.15) is 33.3 Å². The number of aromatic nitrogens is 1. The van der Waals surface area contributed by atoms with Crippen molar-refractivity contribution >= 4 is 23.3 Å². The lowest BCUT2D eigenvalue weighted by atomic mass is 10.1. The first-order chi connectivity index (χ1) is 8.74. The zero-order valence-corrected chi connectivity index (χ0v) is 12.2. The Labute approximate surface area is 118 Å². The molecule has 1 unspecified atom stereocenters. The van der Waals surface area contributed by atoms with E-state index < -0.39 is 6.04 Å². The topological polar surface area (TPSA) is 77.8 Å². The number of anilines is 1. The number of hydrogen-bond acceptors (Lipinski definition) is 4. The minimum Gasteiger partial charge on any atom is -0.357 e. The fourth-order valence-electron chi connectivity index (χ4n) is 1.38. The summed E-state index contributed by atoms with van der Waals surface area (Å²) in [6, 6.07) is 2.98. The fraction of sp³-hybridized carbons (Fsp3) is 0.462. The predicted octanol–water partition coefficient (Wildman–Crippen LogP) is 2.32. The van der Waals surface area contributed by atoms with Gasteiger partial charge in [0.1, 0.15) is 23.0 Å². The second kappa shape index (κ2) is 5.89. The Bertz CT molecular complexity index is 516. The Balaban J connectivity index is 2.81. The molecule has 0 aliphatic rings. The highest BCUT2D eigenvalue weighted by molar-refractivity contribution is 6.34. The van der Waals surface area contributed by atoms with Gasteiger partial charge in [-0.2, -0.15) is 5.26 Å². The van der Waals surface area contributed by atoms with Gasteiger partial charge in [-0.25, -0.2) is 4.98 Å². The molecule has 1 aromatic heterocycles. The number of nitriles is 1. The SMILES string of the molecule is CC(Nc1nccc(C#N)c1Cl)C(=O)NC(C)(C)C. The molecule has 6 heteroatoms. The van der Waals surface area contributed by atoms with Gasteiger partial charge < -0.3 is 10.6 Å². The third-order valence-electron chi connectivity index (χ3n) is 2.25. The first-order valence-corrected chi connectivity index (χ1v) is 6.25. The van der Waals surface area contributed by atoms with Gasteiger partial charge in [-0.3, -0.25) is 4.79 Å². The van der Waals surface area contributed by atoms with Gasteiger partial charge in [0.25, 0.3) is 0 Å². The molecule has 0 aliphatic carbocycles.